The van der Waals surface area contributed by atoms with E-state index in [1.807, 2.05) is 6.92 Å². The lowest BCUT2D eigenvalue weighted by Gasteiger charge is -2.31. The van der Waals surface area contributed by atoms with Crippen molar-refractivity contribution < 1.29 is 9.72 Å². The molecule has 2 fully saturated rings. The van der Waals surface area contributed by atoms with E-state index < -0.39 is 4.92 Å². The van der Waals surface area contributed by atoms with Crippen LogP contribution in [0.25, 0.3) is 0 Å². The van der Waals surface area contributed by atoms with Crippen LogP contribution in [-0.4, -0.2) is 21.5 Å². The number of thiocarbonyl (C=S) groups is 1. The van der Waals surface area contributed by atoms with Crippen LogP contribution < -0.4 is 10.7 Å². The first-order chi connectivity index (χ1) is 11.7. The van der Waals surface area contributed by atoms with Crippen molar-refractivity contribution in [3.63, 3.8) is 0 Å². The van der Waals surface area contributed by atoms with Crippen molar-refractivity contribution in [3.8, 4) is 0 Å². The molecular weight excluding hydrogens is 340 g/mol. The van der Waals surface area contributed by atoms with E-state index in [1.165, 1.54) is 12.1 Å². The number of nitro benzene ring substituents is 1. The van der Waals surface area contributed by atoms with Crippen molar-refractivity contribution >= 4 is 40.2 Å². The van der Waals surface area contributed by atoms with E-state index in [0.717, 1.165) is 12.8 Å². The molecule has 0 unspecified atom stereocenters. The highest BCUT2D eigenvalue weighted by molar-refractivity contribution is 7.80. The second-order valence-corrected chi connectivity index (χ2v) is 7.75. The van der Waals surface area contributed by atoms with Crippen LogP contribution in [0.2, 0.25) is 0 Å². The maximum absolute atomic E-state index is 12.7. The molecule has 2 atom stereocenters. The average Bonchev–Trinajstić information content (AvgIpc) is 2.86. The Hall–Kier alpha value is -2.35. The maximum atomic E-state index is 12.7. The molecule has 7 nitrogen and oxygen atoms in total. The average molecular weight is 360 g/mol. The van der Waals surface area contributed by atoms with Gasteiger partial charge in [0.1, 0.15) is 5.71 Å². The van der Waals surface area contributed by atoms with Crippen LogP contribution in [0.1, 0.15) is 33.6 Å². The lowest BCUT2D eigenvalue weighted by atomic mass is 9.70. The number of non-ortho nitro benzene ring substituents is 1. The third-order valence-electron chi connectivity index (χ3n) is 5.88. The predicted molar refractivity (Wildman–Crippen MR) is 99.5 cm³/mol. The highest BCUT2D eigenvalue weighted by Gasteiger charge is 2.65. The quantitative estimate of drug-likeness (QED) is 0.488. The van der Waals surface area contributed by atoms with Crippen LogP contribution in [0.5, 0.6) is 0 Å². The molecule has 0 aliphatic heterocycles. The van der Waals surface area contributed by atoms with Crippen molar-refractivity contribution in [1.82, 2.24) is 5.43 Å². The number of rotatable bonds is 3. The van der Waals surface area contributed by atoms with Gasteiger partial charge in [-0.1, -0.05) is 26.8 Å². The molecule has 0 saturated heterocycles. The van der Waals surface area contributed by atoms with Gasteiger partial charge in [-0.05, 0) is 36.5 Å². The molecule has 0 spiro atoms. The van der Waals surface area contributed by atoms with Gasteiger partial charge in [0.05, 0.1) is 4.92 Å². The first-order valence-corrected chi connectivity index (χ1v) is 8.51. The fraction of sp³-hybridized carbons (Fsp3) is 0.471. The number of hydrogen-bond donors (Lipinski definition) is 2. The number of Topliss-reactive ketones (excluding diaryl/α,β-unsaturated/α-hetero) is 1. The normalized spacial score (nSPS) is 28.2. The zero-order chi connectivity index (χ0) is 18.4. The van der Waals surface area contributed by atoms with E-state index in [1.54, 1.807) is 12.1 Å². The number of fused-ring (bicyclic) bond motifs is 2. The van der Waals surface area contributed by atoms with Gasteiger partial charge in [-0.2, -0.15) is 5.10 Å². The molecule has 2 bridgehead atoms. The first-order valence-electron chi connectivity index (χ1n) is 8.10. The van der Waals surface area contributed by atoms with Crippen LogP contribution in [0.15, 0.2) is 29.4 Å². The molecule has 25 heavy (non-hydrogen) atoms. The van der Waals surface area contributed by atoms with E-state index in [-0.39, 0.29) is 33.3 Å². The summed E-state index contributed by atoms with van der Waals surface area (Å²) >= 11 is 5.18. The monoisotopic (exact) mass is 360 g/mol. The molecular formula is C17H20N4O3S. The number of carbonyl (C=O) groups excluding carboxylic acids is 1. The Morgan fingerprint density at radius 2 is 2.12 bits per heavy atom. The van der Waals surface area contributed by atoms with Gasteiger partial charge >= 0.3 is 0 Å². The molecule has 0 heterocycles. The number of anilines is 1. The van der Waals surface area contributed by atoms with E-state index >= 15 is 0 Å². The summed E-state index contributed by atoms with van der Waals surface area (Å²) in [6.07, 6.45) is 1.83. The maximum Gasteiger partial charge on any atom is 0.271 e. The zero-order valence-corrected chi connectivity index (χ0v) is 15.1. The highest BCUT2D eigenvalue weighted by Crippen LogP contribution is 2.62. The number of hydrazone groups is 1. The molecule has 3 rings (SSSR count). The molecule has 2 N–H and O–H groups in total. The number of nitrogens with zero attached hydrogens (tertiary/aromatic N) is 2. The lowest BCUT2D eigenvalue weighted by molar-refractivity contribution is -0.384. The van der Waals surface area contributed by atoms with Crippen LogP contribution >= 0.6 is 12.2 Å². The Kier molecular flexibility index (Phi) is 4.10. The van der Waals surface area contributed by atoms with Crippen molar-refractivity contribution in [3.05, 3.63) is 34.4 Å². The number of nitrogens with one attached hydrogen (secondary N) is 2. The van der Waals surface area contributed by atoms with Crippen LogP contribution in [0.3, 0.4) is 0 Å². The van der Waals surface area contributed by atoms with Gasteiger partial charge in [-0.25, -0.2) is 0 Å². The van der Waals surface area contributed by atoms with Gasteiger partial charge in [0, 0.05) is 29.2 Å². The molecule has 2 saturated carbocycles. The number of carbonyl (C=O) groups is 1. The summed E-state index contributed by atoms with van der Waals surface area (Å²) in [6.45, 7) is 6.24. The number of ketones is 1. The second-order valence-electron chi connectivity index (χ2n) is 7.34. The SMILES string of the molecule is CC1(C)[C@H]2CC[C@]1(C)C(=O)C2=NNC(=S)Nc1cccc([N+](=O)[O-])c1. The molecule has 8 heteroatoms. The fourth-order valence-electron chi connectivity index (χ4n) is 3.92. The number of nitro groups is 1. The standard InChI is InChI=1S/C17H20N4O3S/c1-16(2)12-7-8-17(16,3)14(22)13(12)19-20-15(25)18-10-5-4-6-11(9-10)21(23)24/h4-6,9,12H,7-8H2,1-3H3,(H2,18,20,25)/t12-,17+/m0/s1. The van der Waals surface area contributed by atoms with Gasteiger partial charge in [-0.15, -0.1) is 0 Å². The summed E-state index contributed by atoms with van der Waals surface area (Å²) in [6, 6.07) is 6.02. The van der Waals surface area contributed by atoms with Gasteiger partial charge in [-0.3, -0.25) is 20.3 Å². The Labute approximate surface area is 151 Å². The molecule has 1 aromatic carbocycles. The van der Waals surface area contributed by atoms with Gasteiger partial charge in [0.25, 0.3) is 5.69 Å². The topological polar surface area (TPSA) is 96.6 Å². The zero-order valence-electron chi connectivity index (χ0n) is 14.3. The van der Waals surface area contributed by atoms with Gasteiger partial charge in [0.15, 0.2) is 10.9 Å². The van der Waals surface area contributed by atoms with Crippen molar-refractivity contribution in [1.29, 1.82) is 0 Å². The largest absolute Gasteiger partial charge is 0.331 e. The predicted octanol–water partition coefficient (Wildman–Crippen LogP) is 3.26. The molecule has 2 aliphatic carbocycles. The third-order valence-corrected chi connectivity index (χ3v) is 6.08. The van der Waals surface area contributed by atoms with Crippen molar-refractivity contribution in [2.24, 2.45) is 21.8 Å². The second kappa shape index (κ2) is 5.87. The Morgan fingerprint density at radius 3 is 2.72 bits per heavy atom. The molecule has 2 aliphatic rings. The summed E-state index contributed by atoms with van der Waals surface area (Å²) in [5, 5.41) is 18.1. The van der Waals surface area contributed by atoms with Gasteiger partial charge < -0.3 is 5.32 Å². The summed E-state index contributed by atoms with van der Waals surface area (Å²) in [4.78, 5) is 23.0. The molecule has 0 aromatic heterocycles. The molecule has 132 valence electrons. The summed E-state index contributed by atoms with van der Waals surface area (Å²) < 4.78 is 0. The molecule has 1 aromatic rings. The highest BCUT2D eigenvalue weighted by atomic mass is 32.1. The summed E-state index contributed by atoms with van der Waals surface area (Å²) in [7, 11) is 0. The molecule has 0 radical (unpaired) electrons. The first kappa shape index (κ1) is 17.5. The van der Waals surface area contributed by atoms with E-state index in [2.05, 4.69) is 29.7 Å². The van der Waals surface area contributed by atoms with Crippen LogP contribution in [-0.2, 0) is 4.79 Å². The summed E-state index contributed by atoms with van der Waals surface area (Å²) in [5.74, 6) is 0.206. The van der Waals surface area contributed by atoms with Crippen molar-refractivity contribution in [2.45, 2.75) is 33.6 Å². The minimum Gasteiger partial charge on any atom is -0.331 e. The van der Waals surface area contributed by atoms with E-state index in [0.29, 0.717) is 11.4 Å². The summed E-state index contributed by atoms with van der Waals surface area (Å²) in [5.41, 5.74) is 3.23. The Balaban J connectivity index is 1.71. The molecule has 0 amide bonds. The van der Waals surface area contributed by atoms with Crippen LogP contribution in [0, 0.1) is 26.9 Å². The van der Waals surface area contributed by atoms with Crippen molar-refractivity contribution in [2.75, 3.05) is 5.32 Å². The van der Waals surface area contributed by atoms with Gasteiger partial charge in [0.2, 0.25) is 0 Å². The number of hydrogen-bond acceptors (Lipinski definition) is 5. The minimum atomic E-state index is -0.474. The Morgan fingerprint density at radius 1 is 1.40 bits per heavy atom. The fourth-order valence-corrected chi connectivity index (χ4v) is 4.09. The Bertz CT molecular complexity index is 805. The minimum absolute atomic E-state index is 0.0305. The van der Waals surface area contributed by atoms with Crippen LogP contribution in [0.4, 0.5) is 11.4 Å². The lowest BCUT2D eigenvalue weighted by Crippen LogP contribution is -2.34. The van der Waals surface area contributed by atoms with E-state index in [4.69, 9.17) is 12.2 Å². The smallest absolute Gasteiger partial charge is 0.271 e. The third kappa shape index (κ3) is 2.70. The number of benzene rings is 1. The van der Waals surface area contributed by atoms with E-state index in [9.17, 15) is 14.9 Å².